The molecule has 110 valence electrons. The van der Waals surface area contributed by atoms with E-state index in [1.54, 1.807) is 20.8 Å². The number of benzene rings is 1. The van der Waals surface area contributed by atoms with Gasteiger partial charge in [-0.3, -0.25) is 4.79 Å². The molecule has 0 saturated heterocycles. The summed E-state index contributed by atoms with van der Waals surface area (Å²) in [5.74, 6) is -0.684. The fraction of sp³-hybridized carbons (Fsp3) is 0.467. The summed E-state index contributed by atoms with van der Waals surface area (Å²) in [6.45, 7) is 7.52. The second-order valence-corrected chi connectivity index (χ2v) is 5.09. The lowest BCUT2D eigenvalue weighted by molar-refractivity contribution is -0.151. The van der Waals surface area contributed by atoms with Crippen LogP contribution in [0.1, 0.15) is 26.3 Å². The third-order valence-corrected chi connectivity index (χ3v) is 2.63. The van der Waals surface area contributed by atoms with Crippen LogP contribution in [0, 0.1) is 12.8 Å². The van der Waals surface area contributed by atoms with E-state index in [1.807, 2.05) is 31.2 Å². The Bertz CT molecular complexity index is 455. The zero-order chi connectivity index (χ0) is 15.1. The van der Waals surface area contributed by atoms with Gasteiger partial charge in [-0.15, -0.1) is 0 Å². The molecule has 0 saturated carbocycles. The molecular formula is C15H22N2O3. The van der Waals surface area contributed by atoms with Gasteiger partial charge in [0.1, 0.15) is 0 Å². The van der Waals surface area contributed by atoms with Crippen LogP contribution < -0.4 is 10.6 Å². The molecular weight excluding hydrogens is 256 g/mol. The number of urea groups is 1. The Morgan fingerprint density at radius 3 is 2.30 bits per heavy atom. The number of nitrogens with one attached hydrogen (secondary N) is 2. The first-order chi connectivity index (χ1) is 9.38. The smallest absolute Gasteiger partial charge is 0.319 e. The van der Waals surface area contributed by atoms with E-state index in [-0.39, 0.29) is 30.6 Å². The topological polar surface area (TPSA) is 67.4 Å². The van der Waals surface area contributed by atoms with Crippen molar-refractivity contribution in [3.63, 3.8) is 0 Å². The Labute approximate surface area is 119 Å². The minimum absolute atomic E-state index is 0.147. The molecule has 2 N–H and O–H groups in total. The van der Waals surface area contributed by atoms with Gasteiger partial charge in [0, 0.05) is 12.2 Å². The molecule has 0 aromatic heterocycles. The van der Waals surface area contributed by atoms with Crippen molar-refractivity contribution in [2.45, 2.75) is 33.8 Å². The molecule has 0 aliphatic carbocycles. The summed E-state index contributed by atoms with van der Waals surface area (Å²) >= 11 is 0. The Morgan fingerprint density at radius 1 is 1.15 bits per heavy atom. The number of anilines is 1. The monoisotopic (exact) mass is 278 g/mol. The predicted molar refractivity (Wildman–Crippen MR) is 78.6 cm³/mol. The quantitative estimate of drug-likeness (QED) is 0.814. The zero-order valence-corrected chi connectivity index (χ0v) is 12.4. The highest BCUT2D eigenvalue weighted by atomic mass is 16.5. The van der Waals surface area contributed by atoms with Gasteiger partial charge in [-0.2, -0.15) is 0 Å². The largest absolute Gasteiger partial charge is 0.463 e. The molecule has 0 aliphatic rings. The number of carbonyl (C=O) groups excluding carboxylic acids is 2. The lowest BCUT2D eigenvalue weighted by atomic mass is 10.2. The molecule has 0 spiro atoms. The third kappa shape index (κ3) is 5.73. The molecule has 2 amide bonds. The van der Waals surface area contributed by atoms with E-state index >= 15 is 0 Å². The van der Waals surface area contributed by atoms with Gasteiger partial charge in [0.25, 0.3) is 0 Å². The summed E-state index contributed by atoms with van der Waals surface area (Å²) in [5, 5.41) is 5.35. The van der Waals surface area contributed by atoms with Crippen molar-refractivity contribution in [1.82, 2.24) is 5.32 Å². The molecule has 5 heteroatoms. The van der Waals surface area contributed by atoms with E-state index in [4.69, 9.17) is 4.74 Å². The Kier molecular flexibility index (Phi) is 6.03. The van der Waals surface area contributed by atoms with Crippen LogP contribution in [0.4, 0.5) is 10.5 Å². The van der Waals surface area contributed by atoms with Crippen LogP contribution in [0.5, 0.6) is 0 Å². The number of esters is 1. The first-order valence-corrected chi connectivity index (χ1v) is 6.70. The van der Waals surface area contributed by atoms with E-state index < -0.39 is 0 Å². The summed E-state index contributed by atoms with van der Waals surface area (Å²) in [7, 11) is 0. The maximum atomic E-state index is 11.7. The second kappa shape index (κ2) is 7.53. The van der Waals surface area contributed by atoms with E-state index in [1.165, 1.54) is 0 Å². The molecule has 1 aromatic rings. The summed E-state index contributed by atoms with van der Waals surface area (Å²) in [4.78, 5) is 23.2. The molecule has 1 rings (SSSR count). The average molecular weight is 278 g/mol. The zero-order valence-electron chi connectivity index (χ0n) is 12.4. The van der Waals surface area contributed by atoms with Crippen LogP contribution in [0.25, 0.3) is 0 Å². The fourth-order valence-corrected chi connectivity index (χ4v) is 1.49. The van der Waals surface area contributed by atoms with Crippen molar-refractivity contribution in [2.24, 2.45) is 5.92 Å². The molecule has 0 radical (unpaired) electrons. The van der Waals surface area contributed by atoms with Crippen LogP contribution in [-0.2, 0) is 9.53 Å². The molecule has 0 bridgehead atoms. The number of carbonyl (C=O) groups is 2. The number of hydrogen-bond acceptors (Lipinski definition) is 3. The van der Waals surface area contributed by atoms with Crippen LogP contribution in [-0.4, -0.2) is 24.6 Å². The van der Waals surface area contributed by atoms with Crippen molar-refractivity contribution < 1.29 is 14.3 Å². The predicted octanol–water partition coefficient (Wildman–Crippen LogP) is 2.70. The molecule has 0 aliphatic heterocycles. The second-order valence-electron chi connectivity index (χ2n) is 5.09. The van der Waals surface area contributed by atoms with Crippen molar-refractivity contribution >= 4 is 17.7 Å². The van der Waals surface area contributed by atoms with Gasteiger partial charge in [-0.25, -0.2) is 4.79 Å². The minimum Gasteiger partial charge on any atom is -0.463 e. The molecule has 1 aromatic carbocycles. The number of aryl methyl sites for hydroxylation is 1. The van der Waals surface area contributed by atoms with Crippen molar-refractivity contribution in [3.05, 3.63) is 29.8 Å². The summed E-state index contributed by atoms with van der Waals surface area (Å²) < 4.78 is 5.07. The Hall–Kier alpha value is -2.04. The number of rotatable bonds is 5. The number of amides is 2. The first-order valence-electron chi connectivity index (χ1n) is 6.70. The van der Waals surface area contributed by atoms with Gasteiger partial charge in [0.05, 0.1) is 12.0 Å². The van der Waals surface area contributed by atoms with Crippen LogP contribution in [0.2, 0.25) is 0 Å². The molecule has 20 heavy (non-hydrogen) atoms. The van der Waals surface area contributed by atoms with E-state index in [0.717, 1.165) is 5.56 Å². The first kappa shape index (κ1) is 16.0. The number of hydrogen-bond donors (Lipinski definition) is 2. The van der Waals surface area contributed by atoms with Crippen LogP contribution in [0.3, 0.4) is 0 Å². The van der Waals surface area contributed by atoms with Gasteiger partial charge >= 0.3 is 12.0 Å². The van der Waals surface area contributed by atoms with E-state index in [0.29, 0.717) is 5.69 Å². The van der Waals surface area contributed by atoms with Crippen molar-refractivity contribution in [1.29, 1.82) is 0 Å². The highest BCUT2D eigenvalue weighted by Gasteiger charge is 2.16. The SMILES string of the molecule is Cc1ccc(NC(=O)NC[C@H](C)C(=O)OC(C)C)cc1. The van der Waals surface area contributed by atoms with Crippen molar-refractivity contribution in [3.8, 4) is 0 Å². The van der Waals surface area contributed by atoms with Gasteiger partial charge in [-0.05, 0) is 32.9 Å². The lowest BCUT2D eigenvalue weighted by Crippen LogP contribution is -2.35. The molecule has 5 nitrogen and oxygen atoms in total. The highest BCUT2D eigenvalue weighted by Crippen LogP contribution is 2.08. The molecule has 1 atom stereocenters. The van der Waals surface area contributed by atoms with Gasteiger partial charge in [0.15, 0.2) is 0 Å². The van der Waals surface area contributed by atoms with Crippen molar-refractivity contribution in [2.75, 3.05) is 11.9 Å². The maximum Gasteiger partial charge on any atom is 0.319 e. The average Bonchev–Trinajstić information content (AvgIpc) is 2.38. The maximum absolute atomic E-state index is 11.7. The van der Waals surface area contributed by atoms with Gasteiger partial charge in [0.2, 0.25) is 0 Å². The standard InChI is InChI=1S/C15H22N2O3/c1-10(2)20-14(18)12(4)9-16-15(19)17-13-7-5-11(3)6-8-13/h5-8,10,12H,9H2,1-4H3,(H2,16,17,19)/t12-/m0/s1. The highest BCUT2D eigenvalue weighted by molar-refractivity contribution is 5.89. The third-order valence-electron chi connectivity index (χ3n) is 2.63. The minimum atomic E-state index is -0.374. The number of ether oxygens (including phenoxy) is 1. The normalized spacial score (nSPS) is 11.8. The molecule has 0 fully saturated rings. The molecule has 0 heterocycles. The van der Waals surface area contributed by atoms with Gasteiger partial charge < -0.3 is 15.4 Å². The van der Waals surface area contributed by atoms with Crippen LogP contribution >= 0.6 is 0 Å². The molecule has 0 unspecified atom stereocenters. The Morgan fingerprint density at radius 2 is 1.75 bits per heavy atom. The van der Waals surface area contributed by atoms with E-state index in [2.05, 4.69) is 10.6 Å². The summed E-state index contributed by atoms with van der Waals surface area (Å²) in [6, 6.07) is 7.14. The van der Waals surface area contributed by atoms with E-state index in [9.17, 15) is 9.59 Å². The summed E-state index contributed by atoms with van der Waals surface area (Å²) in [5.41, 5.74) is 1.84. The van der Waals surface area contributed by atoms with Gasteiger partial charge in [-0.1, -0.05) is 24.6 Å². The lowest BCUT2D eigenvalue weighted by Gasteiger charge is -2.14. The fourth-order valence-electron chi connectivity index (χ4n) is 1.49. The summed E-state index contributed by atoms with van der Waals surface area (Å²) in [6.07, 6.45) is -0.147. The van der Waals surface area contributed by atoms with Crippen LogP contribution in [0.15, 0.2) is 24.3 Å². The Balaban J connectivity index is 2.36.